The average molecular weight is 362 g/mol. The van der Waals surface area contributed by atoms with E-state index in [-0.39, 0.29) is 17.5 Å². The number of thioether (sulfide) groups is 1. The van der Waals surface area contributed by atoms with Crippen molar-refractivity contribution in [3.8, 4) is 0 Å². The van der Waals surface area contributed by atoms with Gasteiger partial charge in [-0.15, -0.1) is 21.5 Å². The molecule has 0 saturated carbocycles. The van der Waals surface area contributed by atoms with Gasteiger partial charge in [0.2, 0.25) is 5.91 Å². The van der Waals surface area contributed by atoms with Crippen LogP contribution in [0, 0.1) is 5.82 Å². The molecule has 124 valence electrons. The molecule has 8 heteroatoms. The summed E-state index contributed by atoms with van der Waals surface area (Å²) in [6.07, 6.45) is 0.726. The number of carbonyl (C=O) groups is 1. The predicted molar refractivity (Wildman–Crippen MR) is 93.9 cm³/mol. The Kier molecular flexibility index (Phi) is 5.27. The number of benzene rings is 1. The molecule has 3 rings (SSSR count). The van der Waals surface area contributed by atoms with Crippen molar-refractivity contribution in [1.82, 2.24) is 14.8 Å². The first kappa shape index (κ1) is 16.7. The zero-order chi connectivity index (χ0) is 16.9. The molecule has 0 bridgehead atoms. The molecule has 0 unspecified atom stereocenters. The summed E-state index contributed by atoms with van der Waals surface area (Å²) >= 11 is 3.00. The van der Waals surface area contributed by atoms with Gasteiger partial charge in [0, 0.05) is 24.0 Å². The molecule has 24 heavy (non-hydrogen) atoms. The molecular formula is C16H15FN4OS2. The van der Waals surface area contributed by atoms with Crippen molar-refractivity contribution in [3.63, 3.8) is 0 Å². The maximum Gasteiger partial charge on any atom is 0.234 e. The first-order valence-electron chi connectivity index (χ1n) is 7.20. The number of aromatic nitrogens is 3. The van der Waals surface area contributed by atoms with E-state index in [2.05, 4.69) is 21.6 Å². The fourth-order valence-corrected chi connectivity index (χ4v) is 3.49. The van der Waals surface area contributed by atoms with Crippen molar-refractivity contribution in [2.75, 3.05) is 11.1 Å². The number of rotatable bonds is 6. The average Bonchev–Trinajstić information content (AvgIpc) is 3.19. The summed E-state index contributed by atoms with van der Waals surface area (Å²) in [6.45, 7) is 0. The minimum Gasteiger partial charge on any atom is -0.325 e. The summed E-state index contributed by atoms with van der Waals surface area (Å²) in [5.41, 5.74) is 0.568. The number of hydrogen-bond acceptors (Lipinski definition) is 5. The normalized spacial score (nSPS) is 10.8. The van der Waals surface area contributed by atoms with Crippen LogP contribution < -0.4 is 5.32 Å². The molecule has 3 aromatic rings. The Balaban J connectivity index is 1.55. The maximum atomic E-state index is 12.8. The number of nitrogens with one attached hydrogen (secondary N) is 1. The molecular weight excluding hydrogens is 347 g/mol. The predicted octanol–water partition coefficient (Wildman–Crippen LogP) is 3.34. The van der Waals surface area contributed by atoms with Gasteiger partial charge in [-0.05, 0) is 35.7 Å². The maximum absolute atomic E-state index is 12.8. The lowest BCUT2D eigenvalue weighted by Gasteiger charge is -2.05. The first-order valence-corrected chi connectivity index (χ1v) is 9.07. The Labute approximate surface area is 146 Å². The fraction of sp³-hybridized carbons (Fsp3) is 0.188. The molecule has 0 fully saturated rings. The van der Waals surface area contributed by atoms with Crippen LogP contribution in [-0.4, -0.2) is 26.4 Å². The van der Waals surface area contributed by atoms with Gasteiger partial charge in [-0.1, -0.05) is 17.8 Å². The van der Waals surface area contributed by atoms with Crippen LogP contribution >= 0.6 is 23.1 Å². The van der Waals surface area contributed by atoms with Crippen LogP contribution in [0.4, 0.5) is 10.1 Å². The number of amides is 1. The number of carbonyl (C=O) groups excluding carboxylic acids is 1. The van der Waals surface area contributed by atoms with Crippen LogP contribution in [0.1, 0.15) is 10.7 Å². The highest BCUT2D eigenvalue weighted by atomic mass is 32.2. The van der Waals surface area contributed by atoms with Crippen molar-refractivity contribution >= 4 is 34.7 Å². The smallest absolute Gasteiger partial charge is 0.234 e. The van der Waals surface area contributed by atoms with E-state index in [4.69, 9.17) is 0 Å². The van der Waals surface area contributed by atoms with E-state index in [0.717, 1.165) is 12.2 Å². The molecule has 0 aliphatic carbocycles. The molecule has 0 atom stereocenters. The monoisotopic (exact) mass is 362 g/mol. The third kappa shape index (κ3) is 4.21. The molecule has 1 aromatic carbocycles. The van der Waals surface area contributed by atoms with Crippen molar-refractivity contribution in [3.05, 3.63) is 58.3 Å². The molecule has 0 spiro atoms. The number of halogens is 1. The van der Waals surface area contributed by atoms with E-state index < -0.39 is 0 Å². The summed E-state index contributed by atoms with van der Waals surface area (Å²) in [7, 11) is 1.89. The van der Waals surface area contributed by atoms with Crippen LogP contribution in [0.3, 0.4) is 0 Å². The summed E-state index contributed by atoms with van der Waals surface area (Å²) in [5, 5.41) is 13.8. The van der Waals surface area contributed by atoms with E-state index >= 15 is 0 Å². The Morgan fingerprint density at radius 3 is 2.79 bits per heavy atom. The van der Waals surface area contributed by atoms with E-state index in [1.807, 2.05) is 23.1 Å². The fourth-order valence-electron chi connectivity index (χ4n) is 2.05. The van der Waals surface area contributed by atoms with Crippen molar-refractivity contribution in [1.29, 1.82) is 0 Å². The van der Waals surface area contributed by atoms with Gasteiger partial charge in [-0.3, -0.25) is 4.79 Å². The number of hydrogen-bond donors (Lipinski definition) is 1. The Hall–Kier alpha value is -2.19. The first-order chi connectivity index (χ1) is 11.6. The second-order valence-corrected chi connectivity index (χ2v) is 7.03. The number of nitrogens with zero attached hydrogens (tertiary/aromatic N) is 3. The summed E-state index contributed by atoms with van der Waals surface area (Å²) in [6, 6.07) is 9.73. The molecule has 0 saturated heterocycles. The lowest BCUT2D eigenvalue weighted by molar-refractivity contribution is -0.113. The number of thiophene rings is 1. The standard InChI is InChI=1S/C16H15FN4OS2/c1-21-14(9-13-3-2-8-23-13)19-20-16(21)24-10-15(22)18-12-6-4-11(17)5-7-12/h2-8H,9-10H2,1H3,(H,18,22). The van der Waals surface area contributed by atoms with Crippen molar-refractivity contribution in [2.24, 2.45) is 7.05 Å². The third-order valence-corrected chi connectivity index (χ3v) is 5.19. The lowest BCUT2D eigenvalue weighted by Crippen LogP contribution is -2.14. The summed E-state index contributed by atoms with van der Waals surface area (Å²) in [5.74, 6) is 0.565. The molecule has 0 aliphatic rings. The van der Waals surface area contributed by atoms with E-state index in [9.17, 15) is 9.18 Å². The van der Waals surface area contributed by atoms with Gasteiger partial charge < -0.3 is 9.88 Å². The highest BCUT2D eigenvalue weighted by Crippen LogP contribution is 2.19. The van der Waals surface area contributed by atoms with E-state index in [1.165, 1.54) is 40.9 Å². The molecule has 5 nitrogen and oxygen atoms in total. The molecule has 1 N–H and O–H groups in total. The zero-order valence-corrected chi connectivity index (χ0v) is 14.5. The van der Waals surface area contributed by atoms with Gasteiger partial charge in [0.05, 0.1) is 5.75 Å². The Morgan fingerprint density at radius 2 is 2.08 bits per heavy atom. The quantitative estimate of drug-likeness (QED) is 0.683. The molecule has 0 aliphatic heterocycles. The highest BCUT2D eigenvalue weighted by molar-refractivity contribution is 7.99. The van der Waals surface area contributed by atoms with Crippen molar-refractivity contribution < 1.29 is 9.18 Å². The SMILES string of the molecule is Cn1c(Cc2cccs2)nnc1SCC(=O)Nc1ccc(F)cc1. The van der Waals surface area contributed by atoms with Crippen molar-refractivity contribution in [2.45, 2.75) is 11.6 Å². The Morgan fingerprint density at radius 1 is 1.29 bits per heavy atom. The van der Waals surface area contributed by atoms with Crippen LogP contribution in [0.5, 0.6) is 0 Å². The lowest BCUT2D eigenvalue weighted by atomic mass is 10.3. The van der Waals surface area contributed by atoms with Gasteiger partial charge >= 0.3 is 0 Å². The van der Waals surface area contributed by atoms with Gasteiger partial charge in [0.25, 0.3) is 0 Å². The van der Waals surface area contributed by atoms with Crippen LogP contribution in [0.2, 0.25) is 0 Å². The minimum atomic E-state index is -0.334. The molecule has 0 radical (unpaired) electrons. The van der Waals surface area contributed by atoms with Crippen LogP contribution in [-0.2, 0) is 18.3 Å². The van der Waals surface area contributed by atoms with E-state index in [0.29, 0.717) is 10.8 Å². The second-order valence-electron chi connectivity index (χ2n) is 5.06. The summed E-state index contributed by atoms with van der Waals surface area (Å²) < 4.78 is 14.7. The van der Waals surface area contributed by atoms with Gasteiger partial charge in [0.1, 0.15) is 11.6 Å². The van der Waals surface area contributed by atoms with Crippen LogP contribution in [0.15, 0.2) is 46.9 Å². The summed E-state index contributed by atoms with van der Waals surface area (Å²) in [4.78, 5) is 13.2. The number of anilines is 1. The van der Waals surface area contributed by atoms with Gasteiger partial charge in [-0.25, -0.2) is 4.39 Å². The third-order valence-electron chi connectivity index (χ3n) is 3.30. The van der Waals surface area contributed by atoms with Gasteiger partial charge in [0.15, 0.2) is 5.16 Å². The molecule has 2 aromatic heterocycles. The van der Waals surface area contributed by atoms with Crippen LogP contribution in [0.25, 0.3) is 0 Å². The zero-order valence-electron chi connectivity index (χ0n) is 12.9. The minimum absolute atomic E-state index is 0.172. The van der Waals surface area contributed by atoms with E-state index in [1.54, 1.807) is 11.3 Å². The highest BCUT2D eigenvalue weighted by Gasteiger charge is 2.12. The largest absolute Gasteiger partial charge is 0.325 e. The Bertz CT molecular complexity index is 815. The van der Waals surface area contributed by atoms with Gasteiger partial charge in [-0.2, -0.15) is 0 Å². The molecule has 2 heterocycles. The topological polar surface area (TPSA) is 59.8 Å². The second kappa shape index (κ2) is 7.59. The molecule has 1 amide bonds.